The number of aliphatic hydroxyl groups is 1. The molecule has 4 N–H and O–H groups in total. The molecule has 0 aliphatic rings. The average molecular weight is 264 g/mol. The molecule has 0 heterocycles. The smallest absolute Gasteiger partial charge is 0.138 e. The molecule has 0 amide bonds. The number of phenolic OH excluding ortho intramolecular Hbond substituents is 1. The number of phenols is 1. The van der Waals surface area contributed by atoms with Gasteiger partial charge in [0.05, 0.1) is 10.6 Å². The molecular formula is C9H11BrFNO2. The van der Waals surface area contributed by atoms with Crippen molar-refractivity contribution >= 4 is 15.9 Å². The van der Waals surface area contributed by atoms with Crippen LogP contribution >= 0.6 is 15.9 Å². The Morgan fingerprint density at radius 1 is 1.50 bits per heavy atom. The van der Waals surface area contributed by atoms with Gasteiger partial charge in [-0.05, 0) is 41.0 Å². The van der Waals surface area contributed by atoms with Gasteiger partial charge in [-0.2, -0.15) is 0 Å². The van der Waals surface area contributed by atoms with Crippen molar-refractivity contribution in [1.29, 1.82) is 0 Å². The molecule has 1 unspecified atom stereocenters. The molecule has 0 saturated heterocycles. The van der Waals surface area contributed by atoms with E-state index in [4.69, 9.17) is 5.73 Å². The number of hydrogen-bond donors (Lipinski definition) is 3. The molecule has 0 saturated carbocycles. The highest BCUT2D eigenvalue weighted by molar-refractivity contribution is 9.10. The SMILES string of the molecule is NCCC(O)c1cc(F)c(Br)cc1O. The molecule has 0 aromatic heterocycles. The molecule has 1 aromatic carbocycles. The van der Waals surface area contributed by atoms with Gasteiger partial charge in [0.15, 0.2) is 0 Å². The van der Waals surface area contributed by atoms with Gasteiger partial charge < -0.3 is 15.9 Å². The first-order chi connectivity index (χ1) is 6.56. The minimum atomic E-state index is -0.928. The number of halogens is 2. The van der Waals surface area contributed by atoms with Crippen molar-refractivity contribution in [2.45, 2.75) is 12.5 Å². The summed E-state index contributed by atoms with van der Waals surface area (Å²) in [6, 6.07) is 2.31. The van der Waals surface area contributed by atoms with Crippen LogP contribution in [0.1, 0.15) is 18.1 Å². The van der Waals surface area contributed by atoms with Gasteiger partial charge in [0, 0.05) is 5.56 Å². The van der Waals surface area contributed by atoms with Crippen LogP contribution in [0.15, 0.2) is 16.6 Å². The van der Waals surface area contributed by atoms with Crippen molar-refractivity contribution in [1.82, 2.24) is 0 Å². The predicted molar refractivity (Wildman–Crippen MR) is 54.4 cm³/mol. The molecule has 0 spiro atoms. The zero-order valence-corrected chi connectivity index (χ0v) is 8.96. The maximum atomic E-state index is 13.1. The molecule has 0 bridgehead atoms. The largest absolute Gasteiger partial charge is 0.508 e. The Morgan fingerprint density at radius 2 is 2.14 bits per heavy atom. The highest BCUT2D eigenvalue weighted by Gasteiger charge is 2.14. The van der Waals surface area contributed by atoms with E-state index in [9.17, 15) is 14.6 Å². The summed E-state index contributed by atoms with van der Waals surface area (Å²) in [4.78, 5) is 0. The summed E-state index contributed by atoms with van der Waals surface area (Å²) < 4.78 is 13.2. The van der Waals surface area contributed by atoms with Crippen molar-refractivity contribution in [2.24, 2.45) is 5.73 Å². The van der Waals surface area contributed by atoms with E-state index in [1.807, 2.05) is 0 Å². The Hall–Kier alpha value is -0.650. The Bertz CT molecular complexity index is 333. The van der Waals surface area contributed by atoms with E-state index in [1.165, 1.54) is 6.07 Å². The fourth-order valence-electron chi connectivity index (χ4n) is 1.13. The standard InChI is InChI=1S/C9H11BrFNO2/c10-6-4-9(14)5(3-7(6)11)8(13)1-2-12/h3-4,8,13-14H,1-2,12H2. The highest BCUT2D eigenvalue weighted by atomic mass is 79.9. The number of rotatable bonds is 3. The summed E-state index contributed by atoms with van der Waals surface area (Å²) in [5.41, 5.74) is 5.40. The zero-order chi connectivity index (χ0) is 10.7. The summed E-state index contributed by atoms with van der Waals surface area (Å²) in [6.07, 6.45) is -0.642. The lowest BCUT2D eigenvalue weighted by Crippen LogP contribution is -2.07. The number of nitrogens with two attached hydrogens (primary N) is 1. The van der Waals surface area contributed by atoms with Gasteiger partial charge in [0.2, 0.25) is 0 Å². The van der Waals surface area contributed by atoms with E-state index in [0.29, 0.717) is 0 Å². The molecule has 0 radical (unpaired) electrons. The van der Waals surface area contributed by atoms with E-state index in [1.54, 1.807) is 0 Å². The molecular weight excluding hydrogens is 253 g/mol. The minimum absolute atomic E-state index is 0.140. The number of aromatic hydroxyl groups is 1. The van der Waals surface area contributed by atoms with E-state index in [0.717, 1.165) is 6.07 Å². The summed E-state index contributed by atoms with van der Waals surface area (Å²) in [5.74, 6) is -0.659. The number of aliphatic hydroxyl groups excluding tert-OH is 1. The third-order valence-corrected chi connectivity index (χ3v) is 2.48. The van der Waals surface area contributed by atoms with E-state index >= 15 is 0 Å². The van der Waals surface area contributed by atoms with Crippen LogP contribution in [0.2, 0.25) is 0 Å². The van der Waals surface area contributed by atoms with Crippen molar-refractivity contribution in [3.05, 3.63) is 28.0 Å². The van der Waals surface area contributed by atoms with Crippen LogP contribution in [0.4, 0.5) is 4.39 Å². The van der Waals surface area contributed by atoms with Gasteiger partial charge in [-0.15, -0.1) is 0 Å². The molecule has 1 atom stereocenters. The Balaban J connectivity index is 3.02. The van der Waals surface area contributed by atoms with Crippen LogP contribution in [0.5, 0.6) is 5.75 Å². The van der Waals surface area contributed by atoms with Gasteiger partial charge in [-0.1, -0.05) is 0 Å². The monoisotopic (exact) mass is 263 g/mol. The maximum absolute atomic E-state index is 13.1. The molecule has 0 aliphatic carbocycles. The molecule has 3 nitrogen and oxygen atoms in total. The zero-order valence-electron chi connectivity index (χ0n) is 7.37. The Kier molecular flexibility index (Phi) is 3.86. The minimum Gasteiger partial charge on any atom is -0.508 e. The highest BCUT2D eigenvalue weighted by Crippen LogP contribution is 2.30. The first-order valence-electron chi connectivity index (χ1n) is 4.12. The van der Waals surface area contributed by atoms with Gasteiger partial charge in [0.1, 0.15) is 11.6 Å². The number of hydrogen-bond acceptors (Lipinski definition) is 3. The summed E-state index contributed by atoms with van der Waals surface area (Å²) in [6.45, 7) is 0.276. The van der Waals surface area contributed by atoms with Crippen molar-refractivity contribution in [3.8, 4) is 5.75 Å². The van der Waals surface area contributed by atoms with Crippen LogP contribution in [0.3, 0.4) is 0 Å². The Morgan fingerprint density at radius 3 is 2.71 bits per heavy atom. The van der Waals surface area contributed by atoms with Crippen LogP contribution < -0.4 is 5.73 Å². The van der Waals surface area contributed by atoms with Crippen molar-refractivity contribution in [2.75, 3.05) is 6.54 Å². The second kappa shape index (κ2) is 4.72. The van der Waals surface area contributed by atoms with Gasteiger partial charge in [0.25, 0.3) is 0 Å². The van der Waals surface area contributed by atoms with E-state index in [2.05, 4.69) is 15.9 Å². The molecule has 14 heavy (non-hydrogen) atoms. The number of benzene rings is 1. The molecule has 5 heteroatoms. The van der Waals surface area contributed by atoms with Gasteiger partial charge >= 0.3 is 0 Å². The molecule has 0 aliphatic heterocycles. The van der Waals surface area contributed by atoms with Gasteiger partial charge in [-0.3, -0.25) is 0 Å². The van der Waals surface area contributed by atoms with Crippen molar-refractivity contribution < 1.29 is 14.6 Å². The fourth-order valence-corrected chi connectivity index (χ4v) is 1.46. The maximum Gasteiger partial charge on any atom is 0.138 e. The van der Waals surface area contributed by atoms with Gasteiger partial charge in [-0.25, -0.2) is 4.39 Å². The quantitative estimate of drug-likeness (QED) is 0.778. The second-order valence-electron chi connectivity index (χ2n) is 2.92. The Labute approximate surface area is 89.5 Å². The average Bonchev–Trinajstić information content (AvgIpc) is 2.11. The summed E-state index contributed by atoms with van der Waals surface area (Å²) in [7, 11) is 0. The first kappa shape index (κ1) is 11.4. The lowest BCUT2D eigenvalue weighted by Gasteiger charge is -2.12. The molecule has 78 valence electrons. The summed E-state index contributed by atoms with van der Waals surface area (Å²) in [5, 5.41) is 18.9. The third-order valence-electron chi connectivity index (χ3n) is 1.87. The van der Waals surface area contributed by atoms with Crippen LogP contribution in [-0.4, -0.2) is 16.8 Å². The summed E-state index contributed by atoms with van der Waals surface area (Å²) >= 11 is 2.93. The normalized spacial score (nSPS) is 12.9. The lowest BCUT2D eigenvalue weighted by molar-refractivity contribution is 0.166. The van der Waals surface area contributed by atoms with E-state index in [-0.39, 0.29) is 28.8 Å². The molecule has 1 rings (SSSR count). The molecule has 1 aromatic rings. The predicted octanol–water partition coefficient (Wildman–Crippen LogP) is 1.68. The van der Waals surface area contributed by atoms with E-state index < -0.39 is 11.9 Å². The van der Waals surface area contributed by atoms with Crippen molar-refractivity contribution in [3.63, 3.8) is 0 Å². The van der Waals surface area contributed by atoms with Crippen LogP contribution in [-0.2, 0) is 0 Å². The van der Waals surface area contributed by atoms with Crippen LogP contribution in [0.25, 0.3) is 0 Å². The fraction of sp³-hybridized carbons (Fsp3) is 0.333. The topological polar surface area (TPSA) is 66.5 Å². The first-order valence-corrected chi connectivity index (χ1v) is 4.91. The third kappa shape index (κ3) is 2.43. The second-order valence-corrected chi connectivity index (χ2v) is 3.77. The molecule has 0 fully saturated rings. The lowest BCUT2D eigenvalue weighted by atomic mass is 10.1. The van der Waals surface area contributed by atoms with Crippen LogP contribution in [0, 0.1) is 5.82 Å².